The number of thiophene rings is 1. The van der Waals surface area contributed by atoms with Crippen LogP contribution in [0.5, 0.6) is 0 Å². The Morgan fingerprint density at radius 2 is 2.33 bits per heavy atom. The maximum Gasteiger partial charge on any atom is 0.315 e. The van der Waals surface area contributed by atoms with Crippen molar-refractivity contribution in [2.24, 2.45) is 0 Å². The van der Waals surface area contributed by atoms with Gasteiger partial charge >= 0.3 is 6.03 Å². The molecule has 0 aromatic carbocycles. The molecule has 2 rings (SSSR count). The second-order valence-corrected chi connectivity index (χ2v) is 6.27. The van der Waals surface area contributed by atoms with Crippen molar-refractivity contribution in [3.05, 3.63) is 22.4 Å². The standard InChI is InChI=1S/C15H23N3O2S/c1-3-14(19)18-6-4-13(9-18)17-15(20)16-8-11(2)12-5-7-21-10-12/h5,7,10-11,13H,3-4,6,8-9H2,1-2H3,(H2,16,17,20). The summed E-state index contributed by atoms with van der Waals surface area (Å²) in [5, 5.41) is 10.0. The molecule has 1 aromatic heterocycles. The number of nitrogens with one attached hydrogen (secondary N) is 2. The van der Waals surface area contributed by atoms with Crippen molar-refractivity contribution in [3.63, 3.8) is 0 Å². The van der Waals surface area contributed by atoms with Crippen LogP contribution in [0.1, 0.15) is 38.2 Å². The van der Waals surface area contributed by atoms with Crippen molar-refractivity contribution < 1.29 is 9.59 Å². The average molecular weight is 309 g/mol. The first kappa shape index (κ1) is 15.8. The second kappa shape index (κ2) is 7.45. The van der Waals surface area contributed by atoms with Crippen molar-refractivity contribution in [3.8, 4) is 0 Å². The second-order valence-electron chi connectivity index (χ2n) is 5.49. The third-order valence-corrected chi connectivity index (χ3v) is 4.56. The first-order valence-corrected chi connectivity index (χ1v) is 8.38. The van der Waals surface area contributed by atoms with Gasteiger partial charge < -0.3 is 15.5 Å². The normalized spacial score (nSPS) is 19.3. The Morgan fingerprint density at radius 1 is 1.52 bits per heavy atom. The van der Waals surface area contributed by atoms with Gasteiger partial charge in [0.2, 0.25) is 5.91 Å². The summed E-state index contributed by atoms with van der Waals surface area (Å²) in [7, 11) is 0. The van der Waals surface area contributed by atoms with Crippen LogP contribution >= 0.6 is 11.3 Å². The van der Waals surface area contributed by atoms with Crippen LogP contribution < -0.4 is 10.6 Å². The van der Waals surface area contributed by atoms with Gasteiger partial charge in [0, 0.05) is 32.1 Å². The SMILES string of the molecule is CCC(=O)N1CCC(NC(=O)NCC(C)c2ccsc2)C1. The van der Waals surface area contributed by atoms with E-state index in [1.54, 1.807) is 11.3 Å². The number of amides is 3. The molecule has 0 saturated carbocycles. The summed E-state index contributed by atoms with van der Waals surface area (Å²) in [6.45, 7) is 5.94. The highest BCUT2D eigenvalue weighted by molar-refractivity contribution is 7.07. The molecule has 0 bridgehead atoms. The average Bonchev–Trinajstić information content (AvgIpc) is 3.15. The molecular weight excluding hydrogens is 286 g/mol. The third kappa shape index (κ3) is 4.46. The molecule has 0 spiro atoms. The Hall–Kier alpha value is -1.56. The van der Waals surface area contributed by atoms with E-state index >= 15 is 0 Å². The van der Waals surface area contributed by atoms with Gasteiger partial charge in [-0.05, 0) is 34.7 Å². The molecule has 21 heavy (non-hydrogen) atoms. The zero-order valence-electron chi connectivity index (χ0n) is 12.6. The third-order valence-electron chi connectivity index (χ3n) is 3.86. The lowest BCUT2D eigenvalue weighted by atomic mass is 10.1. The molecule has 0 aliphatic carbocycles. The molecule has 2 unspecified atom stereocenters. The molecule has 1 aliphatic rings. The zero-order chi connectivity index (χ0) is 15.2. The van der Waals surface area contributed by atoms with Gasteiger partial charge in [-0.2, -0.15) is 11.3 Å². The van der Waals surface area contributed by atoms with Gasteiger partial charge in [0.15, 0.2) is 0 Å². The van der Waals surface area contributed by atoms with Gasteiger partial charge in [-0.3, -0.25) is 4.79 Å². The molecule has 1 fully saturated rings. The fourth-order valence-corrected chi connectivity index (χ4v) is 3.27. The number of likely N-dealkylation sites (tertiary alicyclic amines) is 1. The van der Waals surface area contributed by atoms with E-state index in [-0.39, 0.29) is 18.0 Å². The molecule has 3 amide bonds. The summed E-state index contributed by atoms with van der Waals surface area (Å²) in [4.78, 5) is 25.3. The highest BCUT2D eigenvalue weighted by Gasteiger charge is 2.26. The minimum Gasteiger partial charge on any atom is -0.341 e. The predicted octanol–water partition coefficient (Wildman–Crippen LogP) is 2.16. The van der Waals surface area contributed by atoms with Crippen molar-refractivity contribution in [2.75, 3.05) is 19.6 Å². The van der Waals surface area contributed by atoms with Crippen molar-refractivity contribution in [1.29, 1.82) is 0 Å². The van der Waals surface area contributed by atoms with Gasteiger partial charge in [-0.1, -0.05) is 13.8 Å². The van der Waals surface area contributed by atoms with E-state index in [2.05, 4.69) is 29.0 Å². The van der Waals surface area contributed by atoms with Crippen LogP contribution in [0.4, 0.5) is 4.79 Å². The van der Waals surface area contributed by atoms with Crippen LogP contribution in [-0.4, -0.2) is 42.5 Å². The van der Waals surface area contributed by atoms with Gasteiger partial charge in [0.25, 0.3) is 0 Å². The molecule has 1 aliphatic heterocycles. The molecular formula is C15H23N3O2S. The summed E-state index contributed by atoms with van der Waals surface area (Å²) in [5.41, 5.74) is 1.25. The number of carbonyl (C=O) groups is 2. The number of urea groups is 1. The van der Waals surface area contributed by atoms with Crippen LogP contribution in [0.15, 0.2) is 16.8 Å². The quantitative estimate of drug-likeness (QED) is 0.875. The van der Waals surface area contributed by atoms with E-state index < -0.39 is 0 Å². The molecule has 0 radical (unpaired) electrons. The highest BCUT2D eigenvalue weighted by Crippen LogP contribution is 2.17. The first-order chi connectivity index (χ1) is 10.1. The molecule has 5 nitrogen and oxygen atoms in total. The van der Waals surface area contributed by atoms with E-state index in [9.17, 15) is 9.59 Å². The highest BCUT2D eigenvalue weighted by atomic mass is 32.1. The Bertz CT molecular complexity index is 475. The summed E-state index contributed by atoms with van der Waals surface area (Å²) >= 11 is 1.67. The summed E-state index contributed by atoms with van der Waals surface area (Å²) in [5.74, 6) is 0.467. The predicted molar refractivity (Wildman–Crippen MR) is 84.5 cm³/mol. The fraction of sp³-hybridized carbons (Fsp3) is 0.600. The van der Waals surface area contributed by atoms with Crippen molar-refractivity contribution >= 4 is 23.3 Å². The summed E-state index contributed by atoms with van der Waals surface area (Å²) in [6.07, 6.45) is 1.36. The van der Waals surface area contributed by atoms with Gasteiger partial charge in [-0.25, -0.2) is 4.79 Å². The van der Waals surface area contributed by atoms with Crippen LogP contribution in [0.25, 0.3) is 0 Å². The minimum atomic E-state index is -0.145. The Kier molecular flexibility index (Phi) is 5.61. The molecule has 2 heterocycles. The zero-order valence-corrected chi connectivity index (χ0v) is 13.4. The Morgan fingerprint density at radius 3 is 3.00 bits per heavy atom. The van der Waals surface area contributed by atoms with E-state index in [0.29, 0.717) is 25.4 Å². The lowest BCUT2D eigenvalue weighted by Crippen LogP contribution is -2.44. The van der Waals surface area contributed by atoms with Crippen molar-refractivity contribution in [1.82, 2.24) is 15.5 Å². The number of hydrogen-bond acceptors (Lipinski definition) is 3. The lowest BCUT2D eigenvalue weighted by Gasteiger charge is -2.17. The molecule has 6 heteroatoms. The molecule has 2 N–H and O–H groups in total. The van der Waals surface area contributed by atoms with E-state index in [0.717, 1.165) is 13.0 Å². The molecule has 1 aromatic rings. The molecule has 116 valence electrons. The van der Waals surface area contributed by atoms with E-state index in [1.165, 1.54) is 5.56 Å². The number of hydrogen-bond donors (Lipinski definition) is 2. The maximum absolute atomic E-state index is 11.9. The number of nitrogens with zero attached hydrogens (tertiary/aromatic N) is 1. The minimum absolute atomic E-state index is 0.0666. The van der Waals surface area contributed by atoms with Gasteiger partial charge in [-0.15, -0.1) is 0 Å². The summed E-state index contributed by atoms with van der Waals surface area (Å²) < 4.78 is 0. The van der Waals surface area contributed by atoms with Crippen LogP contribution in [0, 0.1) is 0 Å². The fourth-order valence-electron chi connectivity index (χ4n) is 2.48. The van der Waals surface area contributed by atoms with Crippen LogP contribution in [-0.2, 0) is 4.79 Å². The monoisotopic (exact) mass is 309 g/mol. The van der Waals surface area contributed by atoms with Crippen LogP contribution in [0.2, 0.25) is 0 Å². The van der Waals surface area contributed by atoms with E-state index in [1.807, 2.05) is 17.2 Å². The largest absolute Gasteiger partial charge is 0.341 e. The maximum atomic E-state index is 11.9. The summed E-state index contributed by atoms with van der Waals surface area (Å²) in [6, 6.07) is 2.00. The van der Waals surface area contributed by atoms with Gasteiger partial charge in [0.05, 0.1) is 0 Å². The molecule has 2 atom stereocenters. The van der Waals surface area contributed by atoms with Crippen LogP contribution in [0.3, 0.4) is 0 Å². The van der Waals surface area contributed by atoms with E-state index in [4.69, 9.17) is 0 Å². The first-order valence-electron chi connectivity index (χ1n) is 7.44. The topological polar surface area (TPSA) is 61.4 Å². The Labute approximate surface area is 129 Å². The lowest BCUT2D eigenvalue weighted by molar-refractivity contribution is -0.129. The smallest absolute Gasteiger partial charge is 0.315 e. The van der Waals surface area contributed by atoms with Crippen molar-refractivity contribution in [2.45, 2.75) is 38.6 Å². The number of rotatable bonds is 5. The van der Waals surface area contributed by atoms with Gasteiger partial charge in [0.1, 0.15) is 0 Å². The molecule has 1 saturated heterocycles. The number of carbonyl (C=O) groups excluding carboxylic acids is 2. The Balaban J connectivity index is 1.69.